The number of carbonyl (C=O) groups is 1. The van der Waals surface area contributed by atoms with Gasteiger partial charge in [0.2, 0.25) is 10.0 Å². The third-order valence-electron chi connectivity index (χ3n) is 5.26. The average molecular weight is 405 g/mol. The van der Waals surface area contributed by atoms with Crippen LogP contribution in [-0.2, 0) is 17.1 Å². The van der Waals surface area contributed by atoms with Crippen LogP contribution in [0.2, 0.25) is 0 Å². The van der Waals surface area contributed by atoms with Crippen LogP contribution in [0, 0.1) is 6.92 Å². The molecule has 1 saturated carbocycles. The van der Waals surface area contributed by atoms with Gasteiger partial charge >= 0.3 is 0 Å². The highest BCUT2D eigenvalue weighted by Gasteiger charge is 2.31. The summed E-state index contributed by atoms with van der Waals surface area (Å²) in [6.45, 7) is 4.18. The normalized spacial score (nSPS) is 15.7. The van der Waals surface area contributed by atoms with Gasteiger partial charge in [-0.05, 0) is 44.0 Å². The van der Waals surface area contributed by atoms with Crippen LogP contribution in [0.1, 0.15) is 55.1 Å². The van der Waals surface area contributed by atoms with Crippen molar-refractivity contribution in [3.63, 3.8) is 0 Å². The van der Waals surface area contributed by atoms with Crippen molar-refractivity contribution >= 4 is 21.7 Å². The zero-order chi connectivity index (χ0) is 20.3. The number of hydrogen-bond donors (Lipinski definition) is 1. The summed E-state index contributed by atoms with van der Waals surface area (Å²) < 4.78 is 29.4. The van der Waals surface area contributed by atoms with Crippen molar-refractivity contribution in [3.8, 4) is 0 Å². The number of aryl methyl sites for hydroxylation is 2. The second-order valence-electron chi connectivity index (χ2n) is 7.27. The Bertz CT molecular complexity index is 929. The van der Waals surface area contributed by atoms with Gasteiger partial charge in [0, 0.05) is 31.3 Å². The minimum Gasteiger partial charge on any atom is -0.307 e. The minimum absolute atomic E-state index is 0.0693. The highest BCUT2D eigenvalue weighted by atomic mass is 32.2. The first-order valence-electron chi connectivity index (χ1n) is 9.77. The van der Waals surface area contributed by atoms with E-state index in [1.807, 2.05) is 13.8 Å². The number of benzene rings is 1. The van der Waals surface area contributed by atoms with Gasteiger partial charge in [0.1, 0.15) is 5.82 Å². The van der Waals surface area contributed by atoms with Crippen LogP contribution in [0.25, 0.3) is 0 Å². The SMILES string of the molecule is CCN(C1CCCCC1)S(=O)(=O)c1ccc(C(=O)Nc2cc(C)nn2C)cc1. The molecule has 1 aromatic heterocycles. The lowest BCUT2D eigenvalue weighted by Gasteiger charge is -2.32. The molecule has 0 unspecified atom stereocenters. The molecule has 0 spiro atoms. The van der Waals surface area contributed by atoms with Gasteiger partial charge in [-0.15, -0.1) is 0 Å². The van der Waals surface area contributed by atoms with Gasteiger partial charge in [-0.2, -0.15) is 9.40 Å². The first kappa shape index (κ1) is 20.5. The smallest absolute Gasteiger partial charge is 0.256 e. The largest absolute Gasteiger partial charge is 0.307 e. The number of anilines is 1. The molecule has 152 valence electrons. The molecule has 2 aromatic rings. The third kappa shape index (κ3) is 4.28. The number of nitrogens with one attached hydrogen (secondary N) is 1. The predicted octanol–water partition coefficient (Wildman–Crippen LogP) is 3.32. The number of hydrogen-bond acceptors (Lipinski definition) is 4. The van der Waals surface area contributed by atoms with Crippen molar-refractivity contribution in [2.45, 2.75) is 56.9 Å². The molecule has 1 aromatic carbocycles. The summed E-state index contributed by atoms with van der Waals surface area (Å²) in [6.07, 6.45) is 5.15. The first-order chi connectivity index (χ1) is 13.3. The minimum atomic E-state index is -3.57. The maximum absolute atomic E-state index is 13.1. The van der Waals surface area contributed by atoms with Crippen LogP contribution in [0.5, 0.6) is 0 Å². The van der Waals surface area contributed by atoms with Crippen molar-refractivity contribution in [2.24, 2.45) is 7.05 Å². The van der Waals surface area contributed by atoms with Crippen molar-refractivity contribution in [1.29, 1.82) is 0 Å². The van der Waals surface area contributed by atoms with Crippen molar-refractivity contribution < 1.29 is 13.2 Å². The Hall–Kier alpha value is -2.19. The van der Waals surface area contributed by atoms with E-state index in [1.165, 1.54) is 18.6 Å². The molecule has 0 atom stereocenters. The van der Waals surface area contributed by atoms with Gasteiger partial charge in [0.05, 0.1) is 10.6 Å². The van der Waals surface area contributed by atoms with Gasteiger partial charge < -0.3 is 5.32 Å². The molecule has 1 fully saturated rings. The number of aromatic nitrogens is 2. The molecule has 1 N–H and O–H groups in total. The number of carbonyl (C=O) groups excluding carboxylic acids is 1. The van der Waals surface area contributed by atoms with E-state index in [9.17, 15) is 13.2 Å². The summed E-state index contributed by atoms with van der Waals surface area (Å²) in [4.78, 5) is 12.7. The predicted molar refractivity (Wildman–Crippen MR) is 109 cm³/mol. The molecule has 0 saturated heterocycles. The summed E-state index contributed by atoms with van der Waals surface area (Å²) in [5, 5.41) is 6.99. The number of rotatable bonds is 6. The monoisotopic (exact) mass is 404 g/mol. The van der Waals surface area contributed by atoms with Gasteiger partial charge in [-0.1, -0.05) is 26.2 Å². The number of sulfonamides is 1. The molecular formula is C20H28N4O3S. The summed E-state index contributed by atoms with van der Waals surface area (Å²) in [5.74, 6) is 0.292. The Morgan fingerprint density at radius 3 is 2.39 bits per heavy atom. The second kappa shape index (κ2) is 8.45. The fourth-order valence-corrected chi connectivity index (χ4v) is 5.52. The van der Waals surface area contributed by atoms with Crippen molar-refractivity contribution in [3.05, 3.63) is 41.6 Å². The summed E-state index contributed by atoms with van der Waals surface area (Å²) >= 11 is 0. The fraction of sp³-hybridized carbons (Fsp3) is 0.500. The lowest BCUT2D eigenvalue weighted by atomic mass is 9.95. The van der Waals surface area contributed by atoms with E-state index in [0.717, 1.165) is 31.4 Å². The van der Waals surface area contributed by atoms with E-state index in [1.54, 1.807) is 34.2 Å². The van der Waals surface area contributed by atoms with Crippen molar-refractivity contribution in [2.75, 3.05) is 11.9 Å². The summed E-state index contributed by atoms with van der Waals surface area (Å²) in [5.41, 5.74) is 1.21. The Morgan fingerprint density at radius 2 is 1.86 bits per heavy atom. The molecule has 7 nitrogen and oxygen atoms in total. The second-order valence-corrected chi connectivity index (χ2v) is 9.16. The van der Waals surface area contributed by atoms with E-state index in [0.29, 0.717) is 17.9 Å². The van der Waals surface area contributed by atoms with E-state index in [4.69, 9.17) is 0 Å². The molecule has 28 heavy (non-hydrogen) atoms. The van der Waals surface area contributed by atoms with Crippen LogP contribution in [-0.4, -0.2) is 41.0 Å². The number of amides is 1. The standard InChI is InChI=1S/C20H28N4O3S/c1-4-24(17-8-6-5-7-9-17)28(26,27)18-12-10-16(11-13-18)20(25)21-19-14-15(2)22-23(19)3/h10-14,17H,4-9H2,1-3H3,(H,21,25). The number of nitrogens with zero attached hydrogens (tertiary/aromatic N) is 3. The first-order valence-corrected chi connectivity index (χ1v) is 11.2. The molecule has 1 amide bonds. The lowest BCUT2D eigenvalue weighted by Crippen LogP contribution is -2.41. The highest BCUT2D eigenvalue weighted by Crippen LogP contribution is 2.27. The molecular weight excluding hydrogens is 376 g/mol. The van der Waals surface area contributed by atoms with Crippen LogP contribution < -0.4 is 5.32 Å². The van der Waals surface area contributed by atoms with Crippen molar-refractivity contribution in [1.82, 2.24) is 14.1 Å². The molecule has 0 radical (unpaired) electrons. The lowest BCUT2D eigenvalue weighted by molar-refractivity contribution is 0.102. The Morgan fingerprint density at radius 1 is 1.21 bits per heavy atom. The molecule has 1 aliphatic carbocycles. The summed E-state index contributed by atoms with van der Waals surface area (Å²) in [7, 11) is -1.82. The van der Waals surface area contributed by atoms with Gasteiger partial charge in [-0.3, -0.25) is 9.48 Å². The zero-order valence-corrected chi connectivity index (χ0v) is 17.5. The van der Waals surface area contributed by atoms with Gasteiger partial charge in [0.15, 0.2) is 0 Å². The van der Waals surface area contributed by atoms with E-state index < -0.39 is 10.0 Å². The van der Waals surface area contributed by atoms with Crippen LogP contribution in [0.4, 0.5) is 5.82 Å². The molecule has 0 bridgehead atoms. The molecule has 0 aliphatic heterocycles. The highest BCUT2D eigenvalue weighted by molar-refractivity contribution is 7.89. The molecule has 1 aliphatic rings. The van der Waals surface area contributed by atoms with Crippen LogP contribution in [0.3, 0.4) is 0 Å². The van der Waals surface area contributed by atoms with E-state index >= 15 is 0 Å². The Labute approximate surface area is 166 Å². The fourth-order valence-electron chi connectivity index (χ4n) is 3.82. The van der Waals surface area contributed by atoms with E-state index in [-0.39, 0.29) is 16.8 Å². The molecule has 1 heterocycles. The zero-order valence-electron chi connectivity index (χ0n) is 16.7. The van der Waals surface area contributed by atoms with Gasteiger partial charge in [0.25, 0.3) is 5.91 Å². The third-order valence-corrected chi connectivity index (χ3v) is 7.30. The maximum Gasteiger partial charge on any atom is 0.256 e. The van der Waals surface area contributed by atoms with Gasteiger partial charge in [-0.25, -0.2) is 8.42 Å². The molecule has 3 rings (SSSR count). The quantitative estimate of drug-likeness (QED) is 0.800. The Balaban J connectivity index is 1.76. The van der Waals surface area contributed by atoms with Crippen LogP contribution >= 0.6 is 0 Å². The van der Waals surface area contributed by atoms with Crippen LogP contribution in [0.15, 0.2) is 35.2 Å². The topological polar surface area (TPSA) is 84.3 Å². The van der Waals surface area contributed by atoms with E-state index in [2.05, 4.69) is 10.4 Å². The summed E-state index contributed by atoms with van der Waals surface area (Å²) in [6, 6.07) is 7.99. The molecule has 8 heteroatoms. The average Bonchev–Trinajstić information content (AvgIpc) is 3.00. The maximum atomic E-state index is 13.1. The Kier molecular flexibility index (Phi) is 6.20.